The fourth-order valence-electron chi connectivity index (χ4n) is 1.30. The van der Waals surface area contributed by atoms with Crippen LogP contribution in [0.3, 0.4) is 0 Å². The number of anilines is 1. The summed E-state index contributed by atoms with van der Waals surface area (Å²) in [6, 6.07) is 0. The van der Waals surface area contributed by atoms with E-state index in [2.05, 4.69) is 4.98 Å². The summed E-state index contributed by atoms with van der Waals surface area (Å²) in [6.45, 7) is 1.10. The Balaban J connectivity index is 2.14. The topological polar surface area (TPSA) is 16.1 Å². The summed E-state index contributed by atoms with van der Waals surface area (Å²) in [7, 11) is 0. The molecule has 1 saturated heterocycles. The summed E-state index contributed by atoms with van der Waals surface area (Å²) in [4.78, 5) is 5.27. The van der Waals surface area contributed by atoms with E-state index in [1.807, 2.05) is 0 Å². The highest BCUT2D eigenvalue weighted by Crippen LogP contribution is 2.33. The minimum absolute atomic E-state index is 0.205. The van der Waals surface area contributed by atoms with Crippen molar-refractivity contribution in [1.82, 2.24) is 4.98 Å². The molecule has 78 valence electrons. The molecule has 0 N–H and O–H groups in total. The lowest BCUT2D eigenvalue weighted by Gasteiger charge is -2.12. The monoisotopic (exact) mass is 223 g/mol. The minimum Gasteiger partial charge on any atom is -0.348 e. The quantitative estimate of drug-likeness (QED) is 0.727. The zero-order valence-corrected chi connectivity index (χ0v) is 8.03. The number of aromatic nitrogens is 1. The molecule has 2 nitrogen and oxygen atoms in total. The molecule has 0 unspecified atom stereocenters. The first-order chi connectivity index (χ1) is 6.97. The number of halogens is 3. The fraction of sp³-hybridized carbons (Fsp3) is 0.625. The summed E-state index contributed by atoms with van der Waals surface area (Å²) in [5.74, 6) is 0. The lowest BCUT2D eigenvalue weighted by atomic mass is 10.4. The average molecular weight is 223 g/mol. The van der Waals surface area contributed by atoms with Crippen molar-refractivity contribution in [2.24, 2.45) is 0 Å². The summed E-state index contributed by atoms with van der Waals surface area (Å²) in [5, 5.41) is 1.39. The molecule has 1 aromatic rings. The minimum atomic E-state index is -4.37. The standard InChI is InChI=1S/C8H9F3N2S/c9-8(10,11)6-5-14-7(12-6)13-3-1-2-4-13/h5H,1-4H2/i1D/t1-/m1/s1. The van der Waals surface area contributed by atoms with Gasteiger partial charge in [-0.05, 0) is 12.8 Å². The molecule has 0 saturated carbocycles. The number of hydrogen-bond acceptors (Lipinski definition) is 3. The molecule has 0 bridgehead atoms. The molecule has 6 heteroatoms. The van der Waals surface area contributed by atoms with Crippen molar-refractivity contribution in [3.63, 3.8) is 0 Å². The molecule has 0 spiro atoms. The van der Waals surface area contributed by atoms with E-state index in [1.54, 1.807) is 4.90 Å². The van der Waals surface area contributed by atoms with Crippen LogP contribution in [0, 0.1) is 0 Å². The molecule has 1 fully saturated rings. The molecule has 0 aliphatic carbocycles. The first kappa shape index (κ1) is 8.52. The maximum atomic E-state index is 12.3. The van der Waals surface area contributed by atoms with Crippen LogP contribution >= 0.6 is 11.3 Å². The predicted octanol–water partition coefficient (Wildman–Crippen LogP) is 2.76. The first-order valence-electron chi connectivity index (χ1n) is 4.74. The summed E-state index contributed by atoms with van der Waals surface area (Å²) >= 11 is 0.987. The zero-order chi connectivity index (χ0) is 11.1. The summed E-state index contributed by atoms with van der Waals surface area (Å²) in [5.41, 5.74) is -0.837. The smallest absolute Gasteiger partial charge is 0.348 e. The highest BCUT2D eigenvalue weighted by molar-refractivity contribution is 7.13. The summed E-state index contributed by atoms with van der Waals surface area (Å²) < 4.78 is 44.2. The molecule has 0 radical (unpaired) electrons. The molecule has 1 aromatic heterocycles. The first-order valence-corrected chi connectivity index (χ1v) is 5.04. The maximum Gasteiger partial charge on any atom is 0.434 e. The van der Waals surface area contributed by atoms with Crippen LogP contribution < -0.4 is 4.90 Å². The highest BCUT2D eigenvalue weighted by Gasteiger charge is 2.34. The predicted molar refractivity (Wildman–Crippen MR) is 48.6 cm³/mol. The van der Waals surface area contributed by atoms with Crippen LogP contribution in [0.5, 0.6) is 0 Å². The lowest BCUT2D eigenvalue weighted by Crippen LogP contribution is -2.17. The van der Waals surface area contributed by atoms with Gasteiger partial charge in [-0.1, -0.05) is 0 Å². The normalized spacial score (nSPS) is 24.1. The molecular formula is C8H9F3N2S. The van der Waals surface area contributed by atoms with Crippen LogP contribution in [0.2, 0.25) is 0 Å². The van der Waals surface area contributed by atoms with E-state index < -0.39 is 11.9 Å². The second-order valence-electron chi connectivity index (χ2n) is 3.04. The molecule has 14 heavy (non-hydrogen) atoms. The van der Waals surface area contributed by atoms with Gasteiger partial charge in [-0.2, -0.15) is 13.2 Å². The third-order valence-electron chi connectivity index (χ3n) is 2.01. The Kier molecular flexibility index (Phi) is 2.08. The van der Waals surface area contributed by atoms with E-state index in [9.17, 15) is 13.2 Å². The van der Waals surface area contributed by atoms with E-state index in [1.165, 1.54) is 0 Å². The van der Waals surface area contributed by atoms with Crippen LogP contribution in [-0.2, 0) is 6.18 Å². The van der Waals surface area contributed by atoms with Gasteiger partial charge >= 0.3 is 6.18 Å². The van der Waals surface area contributed by atoms with Crippen LogP contribution in [-0.4, -0.2) is 18.1 Å². The Morgan fingerprint density at radius 2 is 2.29 bits per heavy atom. The van der Waals surface area contributed by atoms with Crippen molar-refractivity contribution in [1.29, 1.82) is 0 Å². The van der Waals surface area contributed by atoms with Gasteiger partial charge < -0.3 is 4.90 Å². The molecule has 2 rings (SSSR count). The number of thiazole rings is 1. The SMILES string of the molecule is [2H][C@@H]1CCN(c2nc(C(F)(F)F)cs2)C1. The second-order valence-corrected chi connectivity index (χ2v) is 3.87. The number of hydrogen-bond donors (Lipinski definition) is 0. The van der Waals surface area contributed by atoms with E-state index >= 15 is 0 Å². The number of nitrogens with zero attached hydrogens (tertiary/aromatic N) is 2. The largest absolute Gasteiger partial charge is 0.434 e. The van der Waals surface area contributed by atoms with Crippen LogP contribution in [0.15, 0.2) is 5.38 Å². The van der Waals surface area contributed by atoms with E-state index in [-0.39, 0.29) is 6.40 Å². The van der Waals surface area contributed by atoms with Crippen LogP contribution in [0.1, 0.15) is 19.9 Å². The van der Waals surface area contributed by atoms with Crippen LogP contribution in [0.4, 0.5) is 18.3 Å². The van der Waals surface area contributed by atoms with Crippen LogP contribution in [0.25, 0.3) is 0 Å². The average Bonchev–Trinajstić information content (AvgIpc) is 2.69. The highest BCUT2D eigenvalue weighted by atomic mass is 32.1. The lowest BCUT2D eigenvalue weighted by molar-refractivity contribution is -0.140. The Bertz CT molecular complexity index is 352. The maximum absolute atomic E-state index is 12.3. The molecule has 1 atom stereocenters. The van der Waals surface area contributed by atoms with Gasteiger partial charge in [0.25, 0.3) is 0 Å². The third kappa shape index (κ3) is 1.84. The molecule has 1 aliphatic heterocycles. The number of alkyl halides is 3. The van der Waals surface area contributed by atoms with Gasteiger partial charge in [0.15, 0.2) is 10.8 Å². The van der Waals surface area contributed by atoms with Crippen molar-refractivity contribution in [2.75, 3.05) is 18.0 Å². The van der Waals surface area contributed by atoms with Crippen molar-refractivity contribution in [3.8, 4) is 0 Å². The van der Waals surface area contributed by atoms with Gasteiger partial charge in [0.05, 0.1) is 0 Å². The Morgan fingerprint density at radius 1 is 1.50 bits per heavy atom. The van der Waals surface area contributed by atoms with Crippen molar-refractivity contribution in [3.05, 3.63) is 11.1 Å². The fourth-order valence-corrected chi connectivity index (χ4v) is 2.17. The molecule has 2 heterocycles. The van der Waals surface area contributed by atoms with Crippen molar-refractivity contribution >= 4 is 16.5 Å². The van der Waals surface area contributed by atoms with E-state index in [4.69, 9.17) is 1.37 Å². The van der Waals surface area contributed by atoms with Gasteiger partial charge in [-0.15, -0.1) is 11.3 Å². The Morgan fingerprint density at radius 3 is 2.79 bits per heavy atom. The molecular weight excluding hydrogens is 213 g/mol. The molecule has 0 amide bonds. The number of rotatable bonds is 1. The van der Waals surface area contributed by atoms with E-state index in [0.717, 1.165) is 16.7 Å². The van der Waals surface area contributed by atoms with Gasteiger partial charge in [0, 0.05) is 19.8 Å². The van der Waals surface area contributed by atoms with Crippen molar-refractivity contribution < 1.29 is 14.5 Å². The Labute approximate surface area is 84.8 Å². The molecule has 1 aliphatic rings. The van der Waals surface area contributed by atoms with E-state index in [0.29, 0.717) is 24.6 Å². The van der Waals surface area contributed by atoms with Gasteiger partial charge in [-0.25, -0.2) is 4.98 Å². The van der Waals surface area contributed by atoms with Gasteiger partial charge in [0.1, 0.15) is 0 Å². The molecule has 0 aromatic carbocycles. The van der Waals surface area contributed by atoms with Gasteiger partial charge in [-0.3, -0.25) is 0 Å². The third-order valence-corrected chi connectivity index (χ3v) is 2.91. The van der Waals surface area contributed by atoms with Gasteiger partial charge in [0.2, 0.25) is 0 Å². The zero-order valence-electron chi connectivity index (χ0n) is 8.21. The second kappa shape index (κ2) is 3.42. The van der Waals surface area contributed by atoms with Crippen molar-refractivity contribution in [2.45, 2.75) is 19.0 Å². The Hall–Kier alpha value is -0.780. The summed E-state index contributed by atoms with van der Waals surface area (Å²) in [6.07, 6.45) is -3.88.